The molecule has 0 atom stereocenters. The first kappa shape index (κ1) is 16.5. The van der Waals surface area contributed by atoms with Crippen LogP contribution in [-0.4, -0.2) is 31.0 Å². The highest BCUT2D eigenvalue weighted by Crippen LogP contribution is 2.36. The van der Waals surface area contributed by atoms with Crippen LogP contribution >= 0.6 is 0 Å². The summed E-state index contributed by atoms with van der Waals surface area (Å²) >= 11 is 0. The van der Waals surface area contributed by atoms with Crippen molar-refractivity contribution in [2.75, 3.05) is 17.1 Å². The molecule has 0 aliphatic rings. The van der Waals surface area contributed by atoms with Gasteiger partial charge in [0.25, 0.3) is 0 Å². The number of sulfonamides is 1. The van der Waals surface area contributed by atoms with Crippen molar-refractivity contribution in [2.45, 2.75) is 19.0 Å². The minimum Gasteiger partial charge on any atom is -0.283 e. The Bertz CT molecular complexity index is 755. The maximum absolute atomic E-state index is 13.0. The van der Waals surface area contributed by atoms with Gasteiger partial charge in [-0.15, -0.1) is 0 Å². The lowest BCUT2D eigenvalue weighted by Gasteiger charge is -2.12. The fraction of sp³-hybridized carbons (Fsp3) is 0.417. The number of rotatable bonds is 6. The fourth-order valence-electron chi connectivity index (χ4n) is 1.96. The average Bonchev–Trinajstić information content (AvgIpc) is 2.84. The molecule has 0 aliphatic carbocycles. The number of hydrogen-bond donors (Lipinski definition) is 2. The molecule has 0 fully saturated rings. The summed E-state index contributed by atoms with van der Waals surface area (Å²) in [5.41, 5.74) is -1.14. The van der Waals surface area contributed by atoms with Gasteiger partial charge in [0.05, 0.1) is 35.4 Å². The van der Waals surface area contributed by atoms with E-state index >= 15 is 0 Å². The minimum atomic E-state index is -4.64. The Labute approximate surface area is 123 Å². The predicted molar refractivity (Wildman–Crippen MR) is 73.7 cm³/mol. The zero-order chi connectivity index (χ0) is 16.4. The molecule has 0 saturated heterocycles. The first-order valence-electron chi connectivity index (χ1n) is 6.34. The molecule has 0 bridgehead atoms. The molecule has 0 saturated carbocycles. The number of anilines is 1. The van der Waals surface area contributed by atoms with Crippen molar-refractivity contribution in [3.05, 3.63) is 23.9 Å². The SMILES string of the molecule is O=S(=O)(CCCCF)Nc1cc(C(F)(F)F)c2cn[nH]c2c1. The lowest BCUT2D eigenvalue weighted by molar-refractivity contribution is -0.136. The molecule has 22 heavy (non-hydrogen) atoms. The van der Waals surface area contributed by atoms with Gasteiger partial charge in [0.15, 0.2) is 0 Å². The molecule has 1 heterocycles. The van der Waals surface area contributed by atoms with E-state index in [0.29, 0.717) is 6.07 Å². The summed E-state index contributed by atoms with van der Waals surface area (Å²) in [6.07, 6.45) is -3.45. The first-order valence-corrected chi connectivity index (χ1v) is 7.99. The molecule has 2 rings (SSSR count). The summed E-state index contributed by atoms with van der Waals surface area (Å²) in [4.78, 5) is 0. The number of unbranched alkanes of at least 4 members (excludes halogenated alkanes) is 1. The van der Waals surface area contributed by atoms with Crippen LogP contribution in [0.1, 0.15) is 18.4 Å². The van der Waals surface area contributed by atoms with Crippen molar-refractivity contribution in [3.63, 3.8) is 0 Å². The van der Waals surface area contributed by atoms with E-state index in [2.05, 4.69) is 14.9 Å². The highest BCUT2D eigenvalue weighted by atomic mass is 32.2. The van der Waals surface area contributed by atoms with Crippen molar-refractivity contribution in [2.24, 2.45) is 0 Å². The van der Waals surface area contributed by atoms with Gasteiger partial charge in [-0.2, -0.15) is 18.3 Å². The number of aromatic nitrogens is 2. The second-order valence-electron chi connectivity index (χ2n) is 4.67. The van der Waals surface area contributed by atoms with Gasteiger partial charge in [0.1, 0.15) is 0 Å². The summed E-state index contributed by atoms with van der Waals surface area (Å²) in [6, 6.07) is 1.94. The number of fused-ring (bicyclic) bond motifs is 1. The zero-order valence-electron chi connectivity index (χ0n) is 11.2. The van der Waals surface area contributed by atoms with Gasteiger partial charge in [0.2, 0.25) is 10.0 Å². The topological polar surface area (TPSA) is 74.8 Å². The summed E-state index contributed by atoms with van der Waals surface area (Å²) in [5.74, 6) is -0.362. The van der Waals surface area contributed by atoms with E-state index < -0.39 is 28.4 Å². The third kappa shape index (κ3) is 3.87. The van der Waals surface area contributed by atoms with Crippen LogP contribution in [0.5, 0.6) is 0 Å². The van der Waals surface area contributed by atoms with Gasteiger partial charge in [-0.05, 0) is 25.0 Å². The third-order valence-corrected chi connectivity index (χ3v) is 4.31. The molecule has 2 N–H and O–H groups in total. The predicted octanol–water partition coefficient (Wildman–Crippen LogP) is 3.07. The number of H-pyrrole nitrogens is 1. The minimum absolute atomic E-state index is 0.0660. The molecule has 10 heteroatoms. The van der Waals surface area contributed by atoms with E-state index in [9.17, 15) is 26.0 Å². The summed E-state index contributed by atoms with van der Waals surface area (Å²) < 4.78 is 76.6. The van der Waals surface area contributed by atoms with Gasteiger partial charge in [-0.3, -0.25) is 14.2 Å². The Hall–Kier alpha value is -1.84. The second-order valence-corrected chi connectivity index (χ2v) is 6.51. The lowest BCUT2D eigenvalue weighted by atomic mass is 10.1. The number of alkyl halides is 4. The highest BCUT2D eigenvalue weighted by molar-refractivity contribution is 7.92. The quantitative estimate of drug-likeness (QED) is 0.627. The maximum Gasteiger partial charge on any atom is 0.417 e. The van der Waals surface area contributed by atoms with Crippen LogP contribution in [0.15, 0.2) is 18.3 Å². The number of aromatic amines is 1. The summed E-state index contributed by atoms with van der Waals surface area (Å²) in [5, 5.41) is 5.76. The molecule has 0 unspecified atom stereocenters. The molecule has 2 aromatic rings. The number of benzene rings is 1. The van der Waals surface area contributed by atoms with Crippen molar-refractivity contribution in [1.82, 2.24) is 10.2 Å². The molecule has 0 spiro atoms. The van der Waals surface area contributed by atoms with Crippen molar-refractivity contribution in [1.29, 1.82) is 0 Å². The highest BCUT2D eigenvalue weighted by Gasteiger charge is 2.33. The van der Waals surface area contributed by atoms with E-state index in [4.69, 9.17) is 0 Å². The fourth-order valence-corrected chi connectivity index (χ4v) is 3.13. The van der Waals surface area contributed by atoms with Gasteiger partial charge in [0, 0.05) is 5.39 Å². The van der Waals surface area contributed by atoms with Crippen LogP contribution in [0.4, 0.5) is 23.2 Å². The molecular weight excluding hydrogens is 326 g/mol. The number of hydrogen-bond acceptors (Lipinski definition) is 3. The van der Waals surface area contributed by atoms with Crippen LogP contribution in [-0.2, 0) is 16.2 Å². The Morgan fingerprint density at radius 1 is 1.23 bits per heavy atom. The van der Waals surface area contributed by atoms with E-state index in [-0.39, 0.29) is 35.2 Å². The van der Waals surface area contributed by atoms with Gasteiger partial charge < -0.3 is 0 Å². The normalized spacial score (nSPS) is 12.7. The Morgan fingerprint density at radius 3 is 2.59 bits per heavy atom. The van der Waals surface area contributed by atoms with Crippen molar-refractivity contribution < 1.29 is 26.0 Å². The summed E-state index contributed by atoms with van der Waals surface area (Å²) in [7, 11) is -3.84. The smallest absolute Gasteiger partial charge is 0.283 e. The van der Waals surface area contributed by atoms with Gasteiger partial charge in [-0.25, -0.2) is 8.42 Å². The second kappa shape index (κ2) is 6.11. The number of nitrogens with one attached hydrogen (secondary N) is 2. The van der Waals surface area contributed by atoms with Gasteiger partial charge >= 0.3 is 6.18 Å². The van der Waals surface area contributed by atoms with E-state index in [1.165, 1.54) is 6.07 Å². The molecule has 1 aromatic carbocycles. The average molecular weight is 339 g/mol. The molecule has 1 aromatic heterocycles. The molecular formula is C12H13F4N3O2S. The Balaban J connectivity index is 2.32. The largest absolute Gasteiger partial charge is 0.417 e. The molecule has 0 amide bonds. The first-order chi connectivity index (χ1) is 10.2. The van der Waals surface area contributed by atoms with Crippen LogP contribution in [0.3, 0.4) is 0 Å². The van der Waals surface area contributed by atoms with Crippen molar-refractivity contribution >= 4 is 26.6 Å². The molecule has 122 valence electrons. The zero-order valence-corrected chi connectivity index (χ0v) is 12.1. The van der Waals surface area contributed by atoms with Crippen LogP contribution in [0.25, 0.3) is 10.9 Å². The molecule has 5 nitrogen and oxygen atoms in total. The van der Waals surface area contributed by atoms with Crippen molar-refractivity contribution in [3.8, 4) is 0 Å². The van der Waals surface area contributed by atoms with Gasteiger partial charge in [-0.1, -0.05) is 0 Å². The van der Waals surface area contributed by atoms with E-state index in [1.54, 1.807) is 0 Å². The monoisotopic (exact) mass is 339 g/mol. The van der Waals surface area contributed by atoms with E-state index in [0.717, 1.165) is 6.20 Å². The van der Waals surface area contributed by atoms with E-state index in [1.807, 2.05) is 0 Å². The summed E-state index contributed by atoms with van der Waals surface area (Å²) in [6.45, 7) is -0.645. The van der Waals surface area contributed by atoms with Crippen LogP contribution < -0.4 is 4.72 Å². The Morgan fingerprint density at radius 2 is 1.95 bits per heavy atom. The maximum atomic E-state index is 13.0. The number of nitrogens with zero attached hydrogens (tertiary/aromatic N) is 1. The Kier molecular flexibility index (Phi) is 4.59. The molecule has 0 radical (unpaired) electrons. The molecule has 0 aliphatic heterocycles. The lowest BCUT2D eigenvalue weighted by Crippen LogP contribution is -2.17. The van der Waals surface area contributed by atoms with Crippen LogP contribution in [0, 0.1) is 0 Å². The van der Waals surface area contributed by atoms with Crippen LogP contribution in [0.2, 0.25) is 0 Å². The standard InChI is InChI=1S/C12H13F4N3O2S/c13-3-1-2-4-22(20,21)19-8-5-10(12(14,15)16)9-7-17-18-11(9)6-8/h5-7,19H,1-4H2,(H,17,18). The number of halogens is 4. The third-order valence-electron chi connectivity index (χ3n) is 2.93.